The topological polar surface area (TPSA) is 61.6 Å². The van der Waals surface area contributed by atoms with Gasteiger partial charge in [-0.15, -0.1) is 0 Å². The summed E-state index contributed by atoms with van der Waals surface area (Å²) in [4.78, 5) is 16.5. The Labute approximate surface area is 120 Å². The summed E-state index contributed by atoms with van der Waals surface area (Å²) in [6.07, 6.45) is 1.72. The molecule has 1 amide bonds. The Hall–Kier alpha value is -1.59. The van der Waals surface area contributed by atoms with Crippen LogP contribution >= 0.6 is 0 Å². The first-order valence-corrected chi connectivity index (χ1v) is 7.09. The van der Waals surface area contributed by atoms with E-state index in [9.17, 15) is 4.79 Å². The third kappa shape index (κ3) is 4.21. The lowest BCUT2D eigenvalue weighted by atomic mass is 10.2. The second-order valence-corrected chi connectivity index (χ2v) is 5.63. The van der Waals surface area contributed by atoms with E-state index in [2.05, 4.69) is 29.2 Å². The van der Waals surface area contributed by atoms with Crippen molar-refractivity contribution >= 4 is 17.3 Å². The zero-order valence-electron chi connectivity index (χ0n) is 12.3. The van der Waals surface area contributed by atoms with Crippen LogP contribution in [0.25, 0.3) is 0 Å². The first kappa shape index (κ1) is 14.8. The summed E-state index contributed by atoms with van der Waals surface area (Å²) in [6, 6.07) is 7.85. The quantitative estimate of drug-likeness (QED) is 0.794. The molecular weight excluding hydrogens is 252 g/mol. The van der Waals surface area contributed by atoms with Crippen molar-refractivity contribution in [2.24, 2.45) is 0 Å². The van der Waals surface area contributed by atoms with Gasteiger partial charge in [-0.1, -0.05) is 0 Å². The van der Waals surface area contributed by atoms with E-state index in [0.29, 0.717) is 18.2 Å². The van der Waals surface area contributed by atoms with Crippen molar-refractivity contribution < 1.29 is 4.79 Å². The molecule has 0 saturated carbocycles. The number of anilines is 2. The van der Waals surface area contributed by atoms with Crippen LogP contribution in [0.1, 0.15) is 12.8 Å². The maximum atomic E-state index is 11.9. The van der Waals surface area contributed by atoms with Gasteiger partial charge in [0.05, 0.1) is 0 Å². The summed E-state index contributed by atoms with van der Waals surface area (Å²) in [5.74, 6) is 0.0584. The van der Waals surface area contributed by atoms with E-state index in [-0.39, 0.29) is 5.91 Å². The summed E-state index contributed by atoms with van der Waals surface area (Å²) < 4.78 is 0. The van der Waals surface area contributed by atoms with Crippen LogP contribution in [-0.4, -0.2) is 55.5 Å². The molecule has 1 fully saturated rings. The highest BCUT2D eigenvalue weighted by Crippen LogP contribution is 2.14. The standard InChI is InChI=1S/C15H24N4O/c1-18(2)14-7-9-19(11-14)10-8-15(20)17-13-5-3-12(16)4-6-13/h3-6,14H,7-11,16H2,1-2H3,(H,17,20). The molecule has 0 bridgehead atoms. The molecule has 1 aliphatic rings. The predicted molar refractivity (Wildman–Crippen MR) is 82.6 cm³/mol. The molecule has 1 saturated heterocycles. The van der Waals surface area contributed by atoms with Gasteiger partial charge in [0.15, 0.2) is 0 Å². The molecule has 0 aromatic heterocycles. The second-order valence-electron chi connectivity index (χ2n) is 5.63. The van der Waals surface area contributed by atoms with E-state index in [0.717, 1.165) is 25.3 Å². The van der Waals surface area contributed by atoms with Gasteiger partial charge in [-0.25, -0.2) is 0 Å². The van der Waals surface area contributed by atoms with E-state index in [1.165, 1.54) is 6.42 Å². The summed E-state index contributed by atoms with van der Waals surface area (Å²) >= 11 is 0. The molecule has 1 aromatic rings. The average molecular weight is 276 g/mol. The number of nitrogen functional groups attached to an aromatic ring is 1. The maximum Gasteiger partial charge on any atom is 0.225 e. The van der Waals surface area contributed by atoms with E-state index in [4.69, 9.17) is 5.73 Å². The molecule has 1 unspecified atom stereocenters. The minimum absolute atomic E-state index is 0.0584. The molecule has 3 N–H and O–H groups in total. The SMILES string of the molecule is CN(C)C1CCN(CCC(=O)Nc2ccc(N)cc2)C1. The fourth-order valence-electron chi connectivity index (χ4n) is 2.49. The minimum atomic E-state index is 0.0584. The van der Waals surface area contributed by atoms with Crippen molar-refractivity contribution in [2.45, 2.75) is 18.9 Å². The van der Waals surface area contributed by atoms with E-state index in [1.807, 2.05) is 12.1 Å². The van der Waals surface area contributed by atoms with Gasteiger partial charge in [-0.2, -0.15) is 0 Å². The van der Waals surface area contributed by atoms with Crippen LogP contribution in [0, 0.1) is 0 Å². The van der Waals surface area contributed by atoms with Crippen LogP contribution in [0.15, 0.2) is 24.3 Å². The summed E-state index contributed by atoms with van der Waals surface area (Å²) in [6.45, 7) is 2.96. The van der Waals surface area contributed by atoms with Crippen molar-refractivity contribution in [1.82, 2.24) is 9.80 Å². The normalized spacial score (nSPS) is 19.4. The molecule has 0 spiro atoms. The fourth-order valence-corrected chi connectivity index (χ4v) is 2.49. The highest BCUT2D eigenvalue weighted by Gasteiger charge is 2.23. The zero-order chi connectivity index (χ0) is 14.5. The molecule has 20 heavy (non-hydrogen) atoms. The Morgan fingerprint density at radius 1 is 1.40 bits per heavy atom. The zero-order valence-corrected chi connectivity index (χ0v) is 12.3. The number of hydrogen-bond donors (Lipinski definition) is 2. The molecule has 1 heterocycles. The van der Waals surface area contributed by atoms with Crippen molar-refractivity contribution in [3.05, 3.63) is 24.3 Å². The Kier molecular flexibility index (Phi) is 4.98. The summed E-state index contributed by atoms with van der Waals surface area (Å²) in [5, 5.41) is 2.90. The van der Waals surface area contributed by atoms with E-state index < -0.39 is 0 Å². The highest BCUT2D eigenvalue weighted by atomic mass is 16.1. The number of rotatable bonds is 5. The van der Waals surface area contributed by atoms with E-state index in [1.54, 1.807) is 12.1 Å². The number of hydrogen-bond acceptors (Lipinski definition) is 4. The molecule has 0 aliphatic carbocycles. The largest absolute Gasteiger partial charge is 0.399 e. The summed E-state index contributed by atoms with van der Waals surface area (Å²) in [5.41, 5.74) is 7.12. The number of benzene rings is 1. The van der Waals surface area contributed by atoms with Crippen LogP contribution in [-0.2, 0) is 4.79 Å². The molecule has 1 aromatic carbocycles. The lowest BCUT2D eigenvalue weighted by Crippen LogP contribution is -2.32. The molecular formula is C15H24N4O. The van der Waals surface area contributed by atoms with Gasteiger partial charge in [-0.05, 0) is 51.3 Å². The van der Waals surface area contributed by atoms with Crippen molar-refractivity contribution in [2.75, 3.05) is 44.8 Å². The van der Waals surface area contributed by atoms with Gasteiger partial charge < -0.3 is 20.9 Å². The van der Waals surface area contributed by atoms with Crippen molar-refractivity contribution in [1.29, 1.82) is 0 Å². The lowest BCUT2D eigenvalue weighted by molar-refractivity contribution is -0.116. The molecule has 5 heteroatoms. The second kappa shape index (κ2) is 6.72. The van der Waals surface area contributed by atoms with Gasteiger partial charge in [0.25, 0.3) is 0 Å². The molecule has 0 radical (unpaired) electrons. The van der Waals surface area contributed by atoms with Crippen LogP contribution in [0.5, 0.6) is 0 Å². The lowest BCUT2D eigenvalue weighted by Gasteiger charge is -2.20. The number of carbonyl (C=O) groups is 1. The van der Waals surface area contributed by atoms with Crippen LogP contribution < -0.4 is 11.1 Å². The van der Waals surface area contributed by atoms with Crippen molar-refractivity contribution in [3.8, 4) is 0 Å². The molecule has 1 aliphatic heterocycles. The number of nitrogens with one attached hydrogen (secondary N) is 1. The van der Waals surface area contributed by atoms with Gasteiger partial charge in [0.1, 0.15) is 0 Å². The van der Waals surface area contributed by atoms with E-state index >= 15 is 0 Å². The number of amides is 1. The van der Waals surface area contributed by atoms with Gasteiger partial charge >= 0.3 is 0 Å². The Bertz CT molecular complexity index is 444. The molecule has 5 nitrogen and oxygen atoms in total. The number of likely N-dealkylation sites (tertiary alicyclic amines) is 1. The third-order valence-electron chi connectivity index (χ3n) is 3.83. The minimum Gasteiger partial charge on any atom is -0.399 e. The molecule has 1 atom stereocenters. The Balaban J connectivity index is 1.72. The van der Waals surface area contributed by atoms with Gasteiger partial charge in [0, 0.05) is 36.9 Å². The number of carbonyl (C=O) groups excluding carboxylic acids is 1. The Morgan fingerprint density at radius 2 is 2.10 bits per heavy atom. The van der Waals surface area contributed by atoms with Crippen molar-refractivity contribution in [3.63, 3.8) is 0 Å². The smallest absolute Gasteiger partial charge is 0.225 e. The van der Waals surface area contributed by atoms with Gasteiger partial charge in [0.2, 0.25) is 5.91 Å². The van der Waals surface area contributed by atoms with Crippen LogP contribution in [0.3, 0.4) is 0 Å². The first-order valence-electron chi connectivity index (χ1n) is 7.09. The van der Waals surface area contributed by atoms with Crippen LogP contribution in [0.2, 0.25) is 0 Å². The molecule has 110 valence electrons. The highest BCUT2D eigenvalue weighted by molar-refractivity contribution is 5.90. The monoisotopic (exact) mass is 276 g/mol. The average Bonchev–Trinajstić information content (AvgIpc) is 2.88. The third-order valence-corrected chi connectivity index (χ3v) is 3.83. The fraction of sp³-hybridized carbons (Fsp3) is 0.533. The van der Waals surface area contributed by atoms with Gasteiger partial charge in [-0.3, -0.25) is 4.79 Å². The van der Waals surface area contributed by atoms with Crippen LogP contribution in [0.4, 0.5) is 11.4 Å². The Morgan fingerprint density at radius 3 is 2.70 bits per heavy atom. The number of nitrogens with zero attached hydrogens (tertiary/aromatic N) is 2. The maximum absolute atomic E-state index is 11.9. The first-order chi connectivity index (χ1) is 9.54. The molecule has 2 rings (SSSR count). The number of nitrogens with two attached hydrogens (primary N) is 1. The predicted octanol–water partition coefficient (Wildman–Crippen LogP) is 1.23. The summed E-state index contributed by atoms with van der Waals surface area (Å²) in [7, 11) is 4.23. The number of likely N-dealkylation sites (N-methyl/N-ethyl adjacent to an activating group) is 1.